The number of nitrogens with zero attached hydrogens (tertiary/aromatic N) is 2. The van der Waals surface area contributed by atoms with Gasteiger partial charge >= 0.3 is 0 Å². The van der Waals surface area contributed by atoms with E-state index in [1.54, 1.807) is 0 Å². The van der Waals surface area contributed by atoms with E-state index in [4.69, 9.17) is 18.2 Å². The Balaban J connectivity index is 1.01. The van der Waals surface area contributed by atoms with Crippen LogP contribution in [0.2, 0.25) is 0 Å². The molecule has 0 unspecified atom stereocenters. The average Bonchev–Trinajstić information content (AvgIpc) is 4.00. The molecule has 5 heteroatoms. The summed E-state index contributed by atoms with van der Waals surface area (Å²) in [5.74, 6) is 0.583. The molecule has 58 heavy (non-hydrogen) atoms. The summed E-state index contributed by atoms with van der Waals surface area (Å²) in [5, 5.41) is 6.59. The lowest BCUT2D eigenvalue weighted by molar-refractivity contribution is 0.619. The van der Waals surface area contributed by atoms with Gasteiger partial charge in [-0.15, -0.1) is 0 Å². The van der Waals surface area contributed by atoms with E-state index in [0.29, 0.717) is 11.5 Å². The van der Waals surface area contributed by atoms with Crippen LogP contribution >= 0.6 is 0 Å². The number of para-hydroxylation sites is 2. The first-order valence-electron chi connectivity index (χ1n) is 19.4. The minimum atomic E-state index is 0.583. The first kappa shape index (κ1) is 32.4. The minimum Gasteiger partial charge on any atom is -0.456 e. The van der Waals surface area contributed by atoms with Crippen molar-refractivity contribution in [3.8, 4) is 33.7 Å². The maximum absolute atomic E-state index is 6.62. The van der Waals surface area contributed by atoms with Gasteiger partial charge in [-0.1, -0.05) is 121 Å². The second kappa shape index (κ2) is 12.8. The molecule has 0 bridgehead atoms. The fourth-order valence-electron chi connectivity index (χ4n) is 8.55. The predicted octanol–water partition coefficient (Wildman–Crippen LogP) is 15.3. The van der Waals surface area contributed by atoms with Crippen LogP contribution in [-0.2, 0) is 0 Å². The molecular weight excluding hydrogens is 713 g/mol. The Morgan fingerprint density at radius 2 is 0.966 bits per heavy atom. The highest BCUT2D eigenvalue weighted by Crippen LogP contribution is 2.44. The molecular formula is C53H32N2O3. The fourth-order valence-corrected chi connectivity index (χ4v) is 8.55. The van der Waals surface area contributed by atoms with Crippen molar-refractivity contribution >= 4 is 82.8 Å². The standard InChI is InChI=1S/C53H32N2O3/c1-2-12-36(13-3-1)53-54-51-49(58-53)32-44(52-50(51)43-17-7-9-20-47(43)57-52)35-23-27-38(28-24-35)55(39-29-30-48-45(31-39)42-16-6-8-19-46(42)56-48)37-25-21-34(22-26-37)41-18-10-14-33-11-4-5-15-40(33)41/h1-32H. The number of anilines is 3. The molecule has 0 aliphatic carbocycles. The van der Waals surface area contributed by atoms with Crippen LogP contribution in [0, 0.1) is 0 Å². The molecule has 5 nitrogen and oxygen atoms in total. The summed E-state index contributed by atoms with van der Waals surface area (Å²) in [5.41, 5.74) is 13.2. The average molecular weight is 745 g/mol. The zero-order valence-corrected chi connectivity index (χ0v) is 31.1. The first-order valence-corrected chi connectivity index (χ1v) is 19.4. The van der Waals surface area contributed by atoms with Crippen molar-refractivity contribution in [3.05, 3.63) is 194 Å². The van der Waals surface area contributed by atoms with Crippen LogP contribution in [-0.4, -0.2) is 4.98 Å². The van der Waals surface area contributed by atoms with Crippen molar-refractivity contribution < 1.29 is 13.3 Å². The van der Waals surface area contributed by atoms with Crippen molar-refractivity contribution in [1.29, 1.82) is 0 Å². The van der Waals surface area contributed by atoms with Crippen LogP contribution in [0.5, 0.6) is 0 Å². The zero-order chi connectivity index (χ0) is 38.2. The Bertz CT molecular complexity index is 3500. The number of fused-ring (bicyclic) bond motifs is 9. The maximum atomic E-state index is 6.62. The number of oxazole rings is 1. The molecule has 0 amide bonds. The summed E-state index contributed by atoms with van der Waals surface area (Å²) < 4.78 is 19.3. The largest absolute Gasteiger partial charge is 0.456 e. The molecule has 0 radical (unpaired) electrons. The predicted molar refractivity (Wildman–Crippen MR) is 237 cm³/mol. The van der Waals surface area contributed by atoms with E-state index in [1.807, 2.05) is 60.7 Å². The highest BCUT2D eigenvalue weighted by atomic mass is 16.4. The van der Waals surface area contributed by atoms with Crippen molar-refractivity contribution in [2.75, 3.05) is 4.90 Å². The van der Waals surface area contributed by atoms with Gasteiger partial charge in [0.05, 0.1) is 5.39 Å². The van der Waals surface area contributed by atoms with Gasteiger partial charge in [0.1, 0.15) is 27.8 Å². The summed E-state index contributed by atoms with van der Waals surface area (Å²) >= 11 is 0. The molecule has 9 aromatic carbocycles. The molecule has 12 aromatic rings. The van der Waals surface area contributed by atoms with Gasteiger partial charge < -0.3 is 18.2 Å². The van der Waals surface area contributed by atoms with Crippen molar-refractivity contribution in [3.63, 3.8) is 0 Å². The van der Waals surface area contributed by atoms with E-state index in [-0.39, 0.29) is 0 Å². The topological polar surface area (TPSA) is 55.6 Å². The molecule has 0 spiro atoms. The van der Waals surface area contributed by atoms with E-state index in [9.17, 15) is 0 Å². The molecule has 0 N–H and O–H groups in total. The minimum absolute atomic E-state index is 0.583. The van der Waals surface area contributed by atoms with Gasteiger partial charge in [0, 0.05) is 44.3 Å². The van der Waals surface area contributed by atoms with E-state index in [0.717, 1.165) is 83.1 Å². The van der Waals surface area contributed by atoms with Gasteiger partial charge in [-0.2, -0.15) is 0 Å². The van der Waals surface area contributed by atoms with Gasteiger partial charge in [-0.25, -0.2) is 4.98 Å². The van der Waals surface area contributed by atoms with Crippen LogP contribution in [0.4, 0.5) is 17.1 Å². The second-order valence-corrected chi connectivity index (χ2v) is 14.7. The summed E-state index contributed by atoms with van der Waals surface area (Å²) in [4.78, 5) is 7.32. The van der Waals surface area contributed by atoms with Gasteiger partial charge in [0.25, 0.3) is 0 Å². The number of benzene rings is 9. The maximum Gasteiger partial charge on any atom is 0.227 e. The highest BCUT2D eigenvalue weighted by molar-refractivity contribution is 6.20. The Hall–Kier alpha value is -7.89. The molecule has 0 saturated carbocycles. The van der Waals surface area contributed by atoms with E-state index in [2.05, 4.69) is 138 Å². The molecule has 0 fully saturated rings. The van der Waals surface area contributed by atoms with E-state index in [1.165, 1.54) is 21.9 Å². The summed E-state index contributed by atoms with van der Waals surface area (Å²) in [6.07, 6.45) is 0. The SMILES string of the molecule is c1ccc(-c2nc3c(cc(-c4ccc(N(c5ccc(-c6cccc7ccccc67)cc5)c5ccc6oc7ccccc7c6c5)cc4)c4oc5ccccc5c43)o2)cc1. The second-order valence-electron chi connectivity index (χ2n) is 14.7. The lowest BCUT2D eigenvalue weighted by Gasteiger charge is -2.26. The molecule has 0 aliphatic rings. The fraction of sp³-hybridized carbons (Fsp3) is 0. The lowest BCUT2D eigenvalue weighted by Crippen LogP contribution is -2.09. The highest BCUT2D eigenvalue weighted by Gasteiger charge is 2.22. The normalized spacial score (nSPS) is 11.8. The Morgan fingerprint density at radius 3 is 1.74 bits per heavy atom. The Kier molecular flexibility index (Phi) is 7.16. The number of rotatable bonds is 6. The summed E-state index contributed by atoms with van der Waals surface area (Å²) in [7, 11) is 0. The van der Waals surface area contributed by atoms with E-state index < -0.39 is 0 Å². The van der Waals surface area contributed by atoms with Crippen LogP contribution < -0.4 is 4.90 Å². The molecule has 0 saturated heterocycles. The molecule has 0 atom stereocenters. The van der Waals surface area contributed by atoms with Crippen LogP contribution in [0.15, 0.2) is 207 Å². The van der Waals surface area contributed by atoms with Gasteiger partial charge in [-0.3, -0.25) is 0 Å². The van der Waals surface area contributed by atoms with Crippen LogP contribution in [0.3, 0.4) is 0 Å². The number of aromatic nitrogens is 1. The molecule has 12 rings (SSSR count). The first-order chi connectivity index (χ1) is 28.7. The van der Waals surface area contributed by atoms with Crippen LogP contribution in [0.25, 0.3) is 99.5 Å². The van der Waals surface area contributed by atoms with Gasteiger partial charge in [-0.05, 0) is 100 Å². The van der Waals surface area contributed by atoms with Gasteiger partial charge in [0.2, 0.25) is 5.89 Å². The van der Waals surface area contributed by atoms with Gasteiger partial charge in [0.15, 0.2) is 5.58 Å². The van der Waals surface area contributed by atoms with Crippen molar-refractivity contribution in [2.45, 2.75) is 0 Å². The number of hydrogen-bond donors (Lipinski definition) is 0. The third-order valence-electron chi connectivity index (χ3n) is 11.3. The quantitative estimate of drug-likeness (QED) is 0.170. The lowest BCUT2D eigenvalue weighted by atomic mass is 9.98. The van der Waals surface area contributed by atoms with Crippen molar-refractivity contribution in [2.24, 2.45) is 0 Å². The molecule has 272 valence electrons. The third-order valence-corrected chi connectivity index (χ3v) is 11.3. The molecule has 3 heterocycles. The number of hydrogen-bond acceptors (Lipinski definition) is 5. The Morgan fingerprint density at radius 1 is 0.362 bits per heavy atom. The summed E-state index contributed by atoms with van der Waals surface area (Å²) in [6.45, 7) is 0. The third kappa shape index (κ3) is 5.14. The molecule has 3 aromatic heterocycles. The zero-order valence-electron chi connectivity index (χ0n) is 31.1. The number of furan rings is 2. The smallest absolute Gasteiger partial charge is 0.227 e. The Labute approximate surface area is 332 Å². The monoisotopic (exact) mass is 744 g/mol. The van der Waals surface area contributed by atoms with E-state index >= 15 is 0 Å². The van der Waals surface area contributed by atoms with Crippen molar-refractivity contribution in [1.82, 2.24) is 4.98 Å². The van der Waals surface area contributed by atoms with Crippen LogP contribution in [0.1, 0.15) is 0 Å². The molecule has 0 aliphatic heterocycles. The summed E-state index contributed by atoms with van der Waals surface area (Å²) in [6, 6.07) is 67.5.